The highest BCUT2D eigenvalue weighted by molar-refractivity contribution is 6.03. The molecular formula is C14H9N3O4. The van der Waals surface area contributed by atoms with E-state index in [0.717, 1.165) is 0 Å². The Bertz CT molecular complexity index is 855. The van der Waals surface area contributed by atoms with Crippen LogP contribution in [0.3, 0.4) is 0 Å². The van der Waals surface area contributed by atoms with E-state index in [2.05, 4.69) is 4.98 Å². The molecule has 7 heteroatoms. The molecule has 0 spiro atoms. The first-order valence-corrected chi connectivity index (χ1v) is 6.08. The molecular weight excluding hydrogens is 274 g/mol. The Morgan fingerprint density at radius 1 is 0.857 bits per heavy atom. The third kappa shape index (κ3) is 2.00. The minimum Gasteiger partial charge on any atom is -0.348 e. The number of benzene rings is 2. The van der Waals surface area contributed by atoms with Gasteiger partial charge in [-0.15, -0.1) is 0 Å². The van der Waals surface area contributed by atoms with E-state index in [1.54, 1.807) is 36.4 Å². The largest absolute Gasteiger partial charge is 0.348 e. The van der Waals surface area contributed by atoms with Gasteiger partial charge < -0.3 is 4.98 Å². The maximum absolute atomic E-state index is 11.4. The zero-order valence-electron chi connectivity index (χ0n) is 10.6. The van der Waals surface area contributed by atoms with E-state index >= 15 is 0 Å². The van der Waals surface area contributed by atoms with E-state index < -0.39 is 9.85 Å². The van der Waals surface area contributed by atoms with E-state index in [1.807, 2.05) is 0 Å². The lowest BCUT2D eigenvalue weighted by atomic mass is 10.1. The quantitative estimate of drug-likeness (QED) is 0.585. The van der Waals surface area contributed by atoms with Crippen LogP contribution >= 0.6 is 0 Å². The number of fused-ring (bicyclic) bond motifs is 1. The summed E-state index contributed by atoms with van der Waals surface area (Å²) in [5, 5.41) is 22.5. The van der Waals surface area contributed by atoms with Crippen LogP contribution < -0.4 is 0 Å². The maximum atomic E-state index is 11.4. The van der Waals surface area contributed by atoms with E-state index in [4.69, 9.17) is 0 Å². The molecule has 0 aliphatic carbocycles. The fourth-order valence-electron chi connectivity index (χ4n) is 2.36. The Morgan fingerprint density at radius 2 is 1.57 bits per heavy atom. The number of rotatable bonds is 3. The van der Waals surface area contributed by atoms with Crippen molar-refractivity contribution in [3.63, 3.8) is 0 Å². The number of nitro benzene ring substituents is 1. The van der Waals surface area contributed by atoms with Crippen LogP contribution in [0, 0.1) is 20.2 Å². The number of aromatic amines is 1. The molecule has 0 aliphatic rings. The number of hydrogen-bond acceptors (Lipinski definition) is 4. The van der Waals surface area contributed by atoms with E-state index in [-0.39, 0.29) is 22.5 Å². The van der Waals surface area contributed by atoms with Gasteiger partial charge in [0.1, 0.15) is 5.69 Å². The third-order valence-corrected chi connectivity index (χ3v) is 3.22. The second kappa shape index (κ2) is 4.71. The van der Waals surface area contributed by atoms with Crippen molar-refractivity contribution in [3.8, 4) is 11.3 Å². The molecule has 2 aromatic carbocycles. The minimum absolute atomic E-state index is 0.0198. The summed E-state index contributed by atoms with van der Waals surface area (Å²) in [6.07, 6.45) is 0. The molecule has 0 atom stereocenters. The first-order valence-electron chi connectivity index (χ1n) is 6.08. The number of hydrogen-bond donors (Lipinski definition) is 1. The Hall–Kier alpha value is -3.22. The molecule has 0 amide bonds. The molecule has 0 bridgehead atoms. The maximum Gasteiger partial charge on any atom is 0.309 e. The average molecular weight is 283 g/mol. The molecule has 0 saturated heterocycles. The second-order valence-corrected chi connectivity index (χ2v) is 4.43. The van der Waals surface area contributed by atoms with E-state index in [0.29, 0.717) is 11.1 Å². The van der Waals surface area contributed by atoms with Crippen LogP contribution in [0.5, 0.6) is 0 Å². The van der Waals surface area contributed by atoms with Gasteiger partial charge in [-0.1, -0.05) is 36.4 Å². The van der Waals surface area contributed by atoms with Crippen molar-refractivity contribution in [1.82, 2.24) is 4.98 Å². The summed E-state index contributed by atoms with van der Waals surface area (Å²) in [6.45, 7) is 0. The normalized spacial score (nSPS) is 10.7. The van der Waals surface area contributed by atoms with Crippen molar-refractivity contribution in [2.24, 2.45) is 0 Å². The molecule has 3 rings (SSSR count). The lowest BCUT2D eigenvalue weighted by Crippen LogP contribution is -1.93. The van der Waals surface area contributed by atoms with Gasteiger partial charge in [-0.3, -0.25) is 20.2 Å². The molecule has 1 aromatic heterocycles. The molecule has 104 valence electrons. The predicted molar refractivity (Wildman–Crippen MR) is 77.0 cm³/mol. The van der Waals surface area contributed by atoms with Gasteiger partial charge in [-0.2, -0.15) is 0 Å². The monoisotopic (exact) mass is 283 g/mol. The lowest BCUT2D eigenvalue weighted by Gasteiger charge is -1.97. The molecule has 7 nitrogen and oxygen atoms in total. The fraction of sp³-hybridized carbons (Fsp3) is 0. The highest BCUT2D eigenvalue weighted by atomic mass is 16.6. The molecule has 1 heterocycles. The second-order valence-electron chi connectivity index (χ2n) is 4.43. The minimum atomic E-state index is -0.613. The van der Waals surface area contributed by atoms with Crippen molar-refractivity contribution in [3.05, 3.63) is 68.8 Å². The zero-order chi connectivity index (χ0) is 15.0. The molecule has 0 saturated carbocycles. The predicted octanol–water partition coefficient (Wildman–Crippen LogP) is 3.65. The van der Waals surface area contributed by atoms with Gasteiger partial charge >= 0.3 is 5.69 Å². The summed E-state index contributed by atoms with van der Waals surface area (Å²) in [5.74, 6) is 0. The topological polar surface area (TPSA) is 102 Å². The molecule has 0 aliphatic heterocycles. The van der Waals surface area contributed by atoms with Crippen LogP contribution in [0.4, 0.5) is 11.4 Å². The number of nitrogens with zero attached hydrogens (tertiary/aromatic N) is 2. The summed E-state index contributed by atoms with van der Waals surface area (Å²) in [4.78, 5) is 24.2. The van der Waals surface area contributed by atoms with Gasteiger partial charge in [0.05, 0.1) is 15.4 Å². The fourth-order valence-corrected chi connectivity index (χ4v) is 2.36. The van der Waals surface area contributed by atoms with Crippen LogP contribution in [0.1, 0.15) is 0 Å². The van der Waals surface area contributed by atoms with Gasteiger partial charge in [0.15, 0.2) is 5.39 Å². The molecule has 1 N–H and O–H groups in total. The number of aromatic nitrogens is 1. The summed E-state index contributed by atoms with van der Waals surface area (Å²) in [7, 11) is 0. The van der Waals surface area contributed by atoms with Crippen molar-refractivity contribution >= 4 is 22.3 Å². The average Bonchev–Trinajstić information content (AvgIpc) is 2.87. The number of H-pyrrole nitrogens is 1. The first kappa shape index (κ1) is 12.8. The van der Waals surface area contributed by atoms with Crippen molar-refractivity contribution < 1.29 is 9.85 Å². The first-order chi connectivity index (χ1) is 10.1. The standard InChI is InChI=1S/C14H9N3O4/c18-16(19)11-8-4-7-10-12(11)14(17(20)21)13(15-10)9-5-2-1-3-6-9/h1-8,15H. The van der Waals surface area contributed by atoms with Crippen molar-refractivity contribution in [2.75, 3.05) is 0 Å². The van der Waals surface area contributed by atoms with Gasteiger partial charge in [0.2, 0.25) is 0 Å². The summed E-state index contributed by atoms with van der Waals surface area (Å²) < 4.78 is 0. The lowest BCUT2D eigenvalue weighted by molar-refractivity contribution is -0.389. The molecule has 0 radical (unpaired) electrons. The Kier molecular flexibility index (Phi) is 2.87. The molecule has 3 aromatic rings. The van der Waals surface area contributed by atoms with Gasteiger partial charge in [0, 0.05) is 11.6 Å². The highest BCUT2D eigenvalue weighted by Crippen LogP contribution is 2.40. The summed E-state index contributed by atoms with van der Waals surface area (Å²) in [6, 6.07) is 13.1. The van der Waals surface area contributed by atoms with Gasteiger partial charge in [-0.25, -0.2) is 0 Å². The summed E-state index contributed by atoms with van der Waals surface area (Å²) in [5.41, 5.74) is 0.690. The highest BCUT2D eigenvalue weighted by Gasteiger charge is 2.29. The Labute approximate surface area is 118 Å². The smallest absolute Gasteiger partial charge is 0.309 e. The third-order valence-electron chi connectivity index (χ3n) is 3.22. The SMILES string of the molecule is O=[N+]([O-])c1cccc2[nH]c(-c3ccccc3)c([N+](=O)[O-])c12. The van der Waals surface area contributed by atoms with Crippen LogP contribution in [0.15, 0.2) is 48.5 Å². The Balaban J connectivity index is 2.42. The number of nitrogens with one attached hydrogen (secondary N) is 1. The summed E-state index contributed by atoms with van der Waals surface area (Å²) >= 11 is 0. The molecule has 0 unspecified atom stereocenters. The number of non-ortho nitro benzene ring substituents is 1. The number of nitro groups is 2. The van der Waals surface area contributed by atoms with Crippen molar-refractivity contribution in [2.45, 2.75) is 0 Å². The van der Waals surface area contributed by atoms with Crippen LogP contribution in [-0.4, -0.2) is 14.8 Å². The van der Waals surface area contributed by atoms with Crippen LogP contribution in [0.2, 0.25) is 0 Å². The van der Waals surface area contributed by atoms with E-state index in [9.17, 15) is 20.2 Å². The zero-order valence-corrected chi connectivity index (χ0v) is 10.6. The van der Waals surface area contributed by atoms with Crippen LogP contribution in [0.25, 0.3) is 22.2 Å². The molecule has 21 heavy (non-hydrogen) atoms. The van der Waals surface area contributed by atoms with E-state index in [1.165, 1.54) is 12.1 Å². The van der Waals surface area contributed by atoms with Crippen LogP contribution in [-0.2, 0) is 0 Å². The van der Waals surface area contributed by atoms with Gasteiger partial charge in [0.25, 0.3) is 5.69 Å². The Morgan fingerprint density at radius 3 is 2.19 bits per heavy atom. The van der Waals surface area contributed by atoms with Gasteiger partial charge in [-0.05, 0) is 6.07 Å². The van der Waals surface area contributed by atoms with Crippen molar-refractivity contribution in [1.29, 1.82) is 0 Å². The molecule has 0 fully saturated rings.